The van der Waals surface area contributed by atoms with Crippen molar-refractivity contribution in [2.45, 2.75) is 38.6 Å². The maximum atomic E-state index is 12.5. The van der Waals surface area contributed by atoms with Gasteiger partial charge >= 0.3 is 6.03 Å². The van der Waals surface area contributed by atoms with Crippen LogP contribution in [0.15, 0.2) is 65.7 Å². The molecule has 0 aliphatic carbocycles. The number of aromatic nitrogens is 3. The van der Waals surface area contributed by atoms with E-state index in [0.717, 1.165) is 79.2 Å². The van der Waals surface area contributed by atoms with Gasteiger partial charge in [0.2, 0.25) is 5.95 Å². The number of nitrogens with one attached hydrogen (secondary N) is 3. The van der Waals surface area contributed by atoms with E-state index in [1.54, 1.807) is 18.7 Å². The number of benzene rings is 1. The number of furan rings is 1. The number of likely N-dealkylation sites (tertiary alicyclic amines) is 1. The summed E-state index contributed by atoms with van der Waals surface area (Å²) < 4.78 is 11.6. The molecule has 6 rings (SSSR count). The molecule has 1 aromatic carbocycles. The molecule has 2 amide bonds. The number of urea groups is 1. The van der Waals surface area contributed by atoms with Gasteiger partial charge in [-0.15, -0.1) is 0 Å². The van der Waals surface area contributed by atoms with E-state index < -0.39 is 0 Å². The molecule has 5 heterocycles. The van der Waals surface area contributed by atoms with Gasteiger partial charge in [-0.25, -0.2) is 9.78 Å². The van der Waals surface area contributed by atoms with Gasteiger partial charge in [0.05, 0.1) is 37.5 Å². The number of pyridine rings is 1. The van der Waals surface area contributed by atoms with E-state index in [-0.39, 0.29) is 6.03 Å². The Morgan fingerprint density at radius 2 is 2.00 bits per heavy atom. The van der Waals surface area contributed by atoms with Crippen LogP contribution in [0.1, 0.15) is 36.1 Å². The fourth-order valence-electron chi connectivity index (χ4n) is 5.19. The predicted molar refractivity (Wildman–Crippen MR) is 157 cm³/mol. The molecule has 1 fully saturated rings. The molecule has 11 heteroatoms. The number of nitrogens with zero attached hydrogens (tertiary/aromatic N) is 4. The van der Waals surface area contributed by atoms with E-state index in [2.05, 4.69) is 43.0 Å². The molecule has 6 bridgehead atoms. The second-order valence-electron chi connectivity index (χ2n) is 10.4. The summed E-state index contributed by atoms with van der Waals surface area (Å²) >= 11 is 6.39. The number of hydrogen-bond donors (Lipinski definition) is 3. The number of carbonyl (C=O) groups excluding carboxylic acids is 1. The average Bonchev–Trinajstić information content (AvgIpc) is 3.51. The molecule has 2 aliphatic rings. The Hall–Kier alpha value is -4.31. The van der Waals surface area contributed by atoms with Crippen LogP contribution in [-0.4, -0.2) is 45.6 Å². The van der Waals surface area contributed by atoms with Gasteiger partial charge in [-0.2, -0.15) is 4.98 Å². The lowest BCUT2D eigenvalue weighted by Crippen LogP contribution is -2.44. The maximum Gasteiger partial charge on any atom is 0.317 e. The zero-order valence-electron chi connectivity index (χ0n) is 22.6. The van der Waals surface area contributed by atoms with Crippen molar-refractivity contribution in [3.8, 4) is 5.75 Å². The van der Waals surface area contributed by atoms with Crippen LogP contribution in [0.25, 0.3) is 0 Å². The molecular formula is C30H32ClN7O3. The Balaban J connectivity index is 1.07. The van der Waals surface area contributed by atoms with Crippen LogP contribution in [0.4, 0.5) is 27.9 Å². The molecule has 41 heavy (non-hydrogen) atoms. The lowest BCUT2D eigenvalue weighted by atomic mass is 9.94. The van der Waals surface area contributed by atoms with E-state index in [1.807, 2.05) is 35.4 Å². The lowest BCUT2D eigenvalue weighted by Gasteiger charge is -2.32. The zero-order valence-corrected chi connectivity index (χ0v) is 23.4. The summed E-state index contributed by atoms with van der Waals surface area (Å²) in [6, 6.07) is 11.8. The first-order chi connectivity index (χ1) is 20.1. The maximum absolute atomic E-state index is 12.5. The minimum absolute atomic E-state index is 0.0409. The normalized spacial score (nSPS) is 15.0. The Bertz CT molecular complexity index is 1490. The summed E-state index contributed by atoms with van der Waals surface area (Å²) in [6.45, 7) is 2.52. The quantitative estimate of drug-likeness (QED) is 0.253. The van der Waals surface area contributed by atoms with Crippen molar-refractivity contribution in [1.82, 2.24) is 25.2 Å². The fraction of sp³-hybridized carbons (Fsp3) is 0.333. The monoisotopic (exact) mass is 573 g/mol. The highest BCUT2D eigenvalue weighted by molar-refractivity contribution is 6.32. The van der Waals surface area contributed by atoms with Gasteiger partial charge in [0, 0.05) is 25.0 Å². The van der Waals surface area contributed by atoms with Crippen molar-refractivity contribution in [2.75, 3.05) is 30.3 Å². The van der Waals surface area contributed by atoms with E-state index >= 15 is 0 Å². The highest BCUT2D eigenvalue weighted by atomic mass is 35.5. The summed E-state index contributed by atoms with van der Waals surface area (Å²) in [5.41, 5.74) is 3.90. The Labute approximate surface area is 243 Å². The largest absolute Gasteiger partial charge is 0.493 e. The summed E-state index contributed by atoms with van der Waals surface area (Å²) in [7, 11) is 0. The third kappa shape index (κ3) is 6.89. The smallest absolute Gasteiger partial charge is 0.317 e. The average molecular weight is 574 g/mol. The number of carbonyl (C=O) groups is 1. The van der Waals surface area contributed by atoms with Crippen molar-refractivity contribution < 1.29 is 13.9 Å². The van der Waals surface area contributed by atoms with Gasteiger partial charge in [-0.05, 0) is 85.5 Å². The van der Waals surface area contributed by atoms with Gasteiger partial charge in [0.25, 0.3) is 0 Å². The van der Waals surface area contributed by atoms with Gasteiger partial charge < -0.3 is 30.0 Å². The number of ether oxygens (including phenoxy) is 1. The first kappa shape index (κ1) is 26.9. The predicted octanol–water partition coefficient (Wildman–Crippen LogP) is 6.09. The van der Waals surface area contributed by atoms with Crippen molar-refractivity contribution in [2.24, 2.45) is 5.92 Å². The second-order valence-corrected chi connectivity index (χ2v) is 10.8. The number of anilines is 4. The number of fused-ring (bicyclic) bond motifs is 6. The van der Waals surface area contributed by atoms with Crippen LogP contribution < -0.4 is 20.7 Å². The van der Waals surface area contributed by atoms with Gasteiger partial charge in [-0.3, -0.25) is 4.98 Å². The summed E-state index contributed by atoms with van der Waals surface area (Å²) in [4.78, 5) is 27.6. The molecular weight excluding hydrogens is 542 g/mol. The molecule has 0 spiro atoms. The number of amides is 2. The second kappa shape index (κ2) is 12.5. The van der Waals surface area contributed by atoms with Crippen LogP contribution in [-0.2, 0) is 19.4 Å². The summed E-state index contributed by atoms with van der Waals surface area (Å²) in [6.07, 6.45) is 11.3. The SMILES string of the molecule is O=C(NCc1ccco1)N1CCC(CCOc2ccc3cc2CCc2cncc(c2)Nc2ncc(Cl)c(n2)N3)CC1. The summed E-state index contributed by atoms with van der Waals surface area (Å²) in [5, 5.41) is 9.90. The van der Waals surface area contributed by atoms with Crippen molar-refractivity contribution in [3.05, 3.63) is 83.2 Å². The number of aryl methyl sites for hydroxylation is 2. The van der Waals surface area contributed by atoms with Crippen LogP contribution in [0.3, 0.4) is 0 Å². The molecule has 1 saturated heterocycles. The van der Waals surface area contributed by atoms with Gasteiger partial charge in [0.1, 0.15) is 16.5 Å². The number of rotatable bonds is 6. The molecule has 3 aromatic heterocycles. The third-order valence-electron chi connectivity index (χ3n) is 7.48. The Kier molecular flexibility index (Phi) is 8.18. The Morgan fingerprint density at radius 1 is 1.10 bits per heavy atom. The fourth-order valence-corrected chi connectivity index (χ4v) is 5.33. The minimum atomic E-state index is -0.0409. The molecule has 3 N–H and O–H groups in total. The van der Waals surface area contributed by atoms with Gasteiger partial charge in [-0.1, -0.05) is 11.6 Å². The molecule has 0 saturated carbocycles. The van der Waals surface area contributed by atoms with Crippen LogP contribution in [0, 0.1) is 5.92 Å². The Morgan fingerprint density at radius 3 is 2.85 bits per heavy atom. The van der Waals surface area contributed by atoms with E-state index in [4.69, 9.17) is 20.8 Å². The van der Waals surface area contributed by atoms with Crippen LogP contribution in [0.5, 0.6) is 5.75 Å². The molecule has 0 atom stereocenters. The number of piperidine rings is 1. The van der Waals surface area contributed by atoms with Crippen molar-refractivity contribution in [1.29, 1.82) is 0 Å². The van der Waals surface area contributed by atoms with Gasteiger partial charge in [0.15, 0.2) is 5.82 Å². The first-order valence-corrected chi connectivity index (χ1v) is 14.3. The molecule has 4 aromatic rings. The molecule has 10 nitrogen and oxygen atoms in total. The lowest BCUT2D eigenvalue weighted by molar-refractivity contribution is 0.159. The van der Waals surface area contributed by atoms with E-state index in [9.17, 15) is 4.79 Å². The van der Waals surface area contributed by atoms with Crippen molar-refractivity contribution in [3.63, 3.8) is 0 Å². The molecule has 2 aliphatic heterocycles. The van der Waals surface area contributed by atoms with Crippen LogP contribution in [0.2, 0.25) is 5.02 Å². The highest BCUT2D eigenvalue weighted by Crippen LogP contribution is 2.31. The molecule has 212 valence electrons. The van der Waals surface area contributed by atoms with E-state index in [0.29, 0.717) is 35.9 Å². The summed E-state index contributed by atoms with van der Waals surface area (Å²) in [5.74, 6) is 3.10. The highest BCUT2D eigenvalue weighted by Gasteiger charge is 2.23. The standard InChI is InChI=1S/C30H32ClN7O3/c31-26-19-33-29-36-24-14-21(16-32-17-24)3-4-22-15-23(35-28(26)37-29)5-6-27(22)41-13-9-20-7-10-38(11-8-20)30(39)34-18-25-2-1-12-40-25/h1-2,5-6,12,14-17,19-20H,3-4,7-11,13,18H2,(H,34,39)(H2,33,35,36,37). The minimum Gasteiger partial charge on any atom is -0.493 e. The third-order valence-corrected chi connectivity index (χ3v) is 7.76. The van der Waals surface area contributed by atoms with E-state index in [1.165, 1.54) is 0 Å². The number of hydrogen-bond acceptors (Lipinski definition) is 8. The molecule has 0 radical (unpaired) electrons. The molecule has 0 unspecified atom stereocenters. The zero-order chi connectivity index (χ0) is 28.0. The number of halogens is 1. The van der Waals surface area contributed by atoms with Crippen LogP contribution >= 0.6 is 11.6 Å². The first-order valence-electron chi connectivity index (χ1n) is 13.9. The topological polar surface area (TPSA) is 117 Å². The van der Waals surface area contributed by atoms with Crippen molar-refractivity contribution >= 4 is 40.8 Å².